The minimum Gasteiger partial charge on any atom is -0.435 e. The summed E-state index contributed by atoms with van der Waals surface area (Å²) in [5.74, 6) is 1.85. The lowest BCUT2D eigenvalue weighted by Crippen LogP contribution is -2.21. The maximum atomic E-state index is 10.0. The van der Waals surface area contributed by atoms with E-state index in [2.05, 4.69) is 76.2 Å². The number of nitrogens with zero attached hydrogens (tertiary/aromatic N) is 7. The van der Waals surface area contributed by atoms with Gasteiger partial charge in [-0.05, 0) is 103 Å². The topological polar surface area (TPSA) is 127 Å². The zero-order valence-corrected chi connectivity index (χ0v) is 28.6. The average molecular weight is 665 g/mol. The Morgan fingerprint density at radius 1 is 0.880 bits per heavy atom. The molecule has 2 fully saturated rings. The van der Waals surface area contributed by atoms with Crippen LogP contribution >= 0.6 is 0 Å². The zero-order chi connectivity index (χ0) is 34.4. The summed E-state index contributed by atoms with van der Waals surface area (Å²) >= 11 is 0. The van der Waals surface area contributed by atoms with Gasteiger partial charge in [0.05, 0.1) is 17.2 Å². The number of β-amino-alcohol motifs (C(OH)–C–C–N with tert-alkyl or cyclic N) is 1. The molecule has 5 heterocycles. The van der Waals surface area contributed by atoms with Crippen LogP contribution in [0.25, 0.3) is 44.7 Å². The number of likely N-dealkylation sites (tertiary alicyclic amines) is 2. The third-order valence-corrected chi connectivity index (χ3v) is 10.2. The first-order valence-electron chi connectivity index (χ1n) is 17.4. The molecule has 0 aliphatic carbocycles. The summed E-state index contributed by atoms with van der Waals surface area (Å²) in [6, 6.07) is 20.8. The van der Waals surface area contributed by atoms with Crippen LogP contribution < -0.4 is 5.32 Å². The summed E-state index contributed by atoms with van der Waals surface area (Å²) in [6.07, 6.45) is 5.20. The van der Waals surface area contributed by atoms with Crippen molar-refractivity contribution in [3.63, 3.8) is 0 Å². The molecular formula is C40H40N8O2. The lowest BCUT2D eigenvalue weighted by atomic mass is 9.93. The number of aliphatic hydroxyl groups is 1. The van der Waals surface area contributed by atoms with E-state index in [4.69, 9.17) is 14.4 Å². The van der Waals surface area contributed by atoms with Gasteiger partial charge in [0.15, 0.2) is 11.4 Å². The molecule has 252 valence electrons. The van der Waals surface area contributed by atoms with Crippen LogP contribution in [0.15, 0.2) is 71.5 Å². The van der Waals surface area contributed by atoms with Gasteiger partial charge in [-0.15, -0.1) is 0 Å². The van der Waals surface area contributed by atoms with Crippen LogP contribution in [0, 0.1) is 31.1 Å². The Hall–Kier alpha value is -5.21. The number of hydrogen-bond acceptors (Lipinski definition) is 10. The van der Waals surface area contributed by atoms with Crippen molar-refractivity contribution in [1.29, 1.82) is 5.26 Å². The molecule has 3 aromatic carbocycles. The Bertz CT molecular complexity index is 2270. The van der Waals surface area contributed by atoms with Gasteiger partial charge in [0.1, 0.15) is 23.4 Å². The first-order valence-corrected chi connectivity index (χ1v) is 17.4. The van der Waals surface area contributed by atoms with E-state index in [1.807, 2.05) is 36.5 Å². The SMILES string of the molecule is Cc1c(Nc2ncnc3cc(CN4CCC(O)C4)cnc23)cccc1-c1cccc(-c2nc3cc(CN4CCC(C)C4)cc(C#N)c3o2)c1C. The molecular weight excluding hydrogens is 624 g/mol. The van der Waals surface area contributed by atoms with E-state index < -0.39 is 0 Å². The van der Waals surface area contributed by atoms with Crippen LogP contribution in [0.3, 0.4) is 0 Å². The smallest absolute Gasteiger partial charge is 0.227 e. The van der Waals surface area contributed by atoms with Crippen molar-refractivity contribution in [3.05, 3.63) is 94.9 Å². The lowest BCUT2D eigenvalue weighted by molar-refractivity contribution is 0.175. The number of aromatic nitrogens is 4. The largest absolute Gasteiger partial charge is 0.435 e. The molecule has 6 aromatic rings. The number of nitrogens with one attached hydrogen (secondary N) is 1. The van der Waals surface area contributed by atoms with E-state index in [0.717, 1.165) is 89.3 Å². The molecule has 8 rings (SSSR count). The van der Waals surface area contributed by atoms with E-state index in [1.165, 1.54) is 6.42 Å². The molecule has 50 heavy (non-hydrogen) atoms. The molecule has 0 saturated carbocycles. The lowest BCUT2D eigenvalue weighted by Gasteiger charge is -2.17. The fraction of sp³-hybridized carbons (Fsp3) is 0.325. The van der Waals surface area contributed by atoms with Crippen LogP contribution in [0.5, 0.6) is 0 Å². The van der Waals surface area contributed by atoms with Crippen molar-refractivity contribution in [2.45, 2.75) is 52.8 Å². The molecule has 2 unspecified atom stereocenters. The van der Waals surface area contributed by atoms with Crippen molar-refractivity contribution in [2.24, 2.45) is 5.92 Å². The molecule has 0 bridgehead atoms. The molecule has 2 aliphatic rings. The van der Waals surface area contributed by atoms with Gasteiger partial charge in [-0.3, -0.25) is 14.8 Å². The molecule has 10 heteroatoms. The van der Waals surface area contributed by atoms with Gasteiger partial charge in [0.2, 0.25) is 5.89 Å². The van der Waals surface area contributed by atoms with Gasteiger partial charge >= 0.3 is 0 Å². The fourth-order valence-corrected chi connectivity index (χ4v) is 7.54. The van der Waals surface area contributed by atoms with Crippen molar-refractivity contribution in [2.75, 3.05) is 31.5 Å². The maximum absolute atomic E-state index is 10.0. The Kier molecular flexibility index (Phi) is 8.49. The predicted octanol–water partition coefficient (Wildman–Crippen LogP) is 7.14. The third-order valence-electron chi connectivity index (χ3n) is 10.2. The highest BCUT2D eigenvalue weighted by atomic mass is 16.3. The molecule has 0 spiro atoms. The second-order valence-corrected chi connectivity index (χ2v) is 13.9. The number of oxazole rings is 1. The van der Waals surface area contributed by atoms with Crippen molar-refractivity contribution >= 4 is 33.6 Å². The van der Waals surface area contributed by atoms with Crippen molar-refractivity contribution < 1.29 is 9.52 Å². The molecule has 2 saturated heterocycles. The predicted molar refractivity (Wildman–Crippen MR) is 195 cm³/mol. The highest BCUT2D eigenvalue weighted by molar-refractivity contribution is 5.89. The van der Waals surface area contributed by atoms with E-state index >= 15 is 0 Å². The number of rotatable bonds is 8. The number of aliphatic hydroxyl groups excluding tert-OH is 1. The van der Waals surface area contributed by atoms with E-state index in [9.17, 15) is 10.4 Å². The highest BCUT2D eigenvalue weighted by Gasteiger charge is 2.23. The Labute approximate surface area is 291 Å². The first kappa shape index (κ1) is 32.0. The zero-order valence-electron chi connectivity index (χ0n) is 28.6. The number of fused-ring (bicyclic) bond motifs is 2. The normalized spacial score (nSPS) is 18.3. The number of anilines is 2. The fourth-order valence-electron chi connectivity index (χ4n) is 7.54. The van der Waals surface area contributed by atoms with E-state index in [-0.39, 0.29) is 6.10 Å². The maximum Gasteiger partial charge on any atom is 0.227 e. The van der Waals surface area contributed by atoms with E-state index in [1.54, 1.807) is 6.33 Å². The van der Waals surface area contributed by atoms with Gasteiger partial charge in [-0.1, -0.05) is 31.2 Å². The summed E-state index contributed by atoms with van der Waals surface area (Å²) < 4.78 is 6.32. The first-order chi connectivity index (χ1) is 24.3. The van der Waals surface area contributed by atoms with Gasteiger partial charge < -0.3 is 14.8 Å². The highest BCUT2D eigenvalue weighted by Crippen LogP contribution is 2.38. The molecule has 0 radical (unpaired) electrons. The molecule has 10 nitrogen and oxygen atoms in total. The minimum absolute atomic E-state index is 0.256. The molecule has 2 N–H and O–H groups in total. The standard InChI is InChI=1S/C40H40N8O2/c1-24-10-12-47(19-24)20-27-14-29(17-41)38-36(15-27)46-40(50-38)33-8-4-6-31(25(33)2)32-7-5-9-34(26(32)3)45-39-37-35(43-23-44-39)16-28(18-42-37)21-48-13-11-30(49)22-48/h4-9,14-16,18,23-24,30,49H,10-13,19-22H2,1-3H3,(H,43,44,45). The molecule has 2 atom stereocenters. The van der Waals surface area contributed by atoms with Gasteiger partial charge in [-0.25, -0.2) is 15.0 Å². The van der Waals surface area contributed by atoms with Crippen LogP contribution in [0.4, 0.5) is 11.5 Å². The number of nitriles is 1. The summed E-state index contributed by atoms with van der Waals surface area (Å²) in [6.45, 7) is 11.7. The van der Waals surface area contributed by atoms with Crippen LogP contribution in [0.1, 0.15) is 47.6 Å². The summed E-state index contributed by atoms with van der Waals surface area (Å²) in [4.78, 5) is 23.4. The van der Waals surface area contributed by atoms with Gasteiger partial charge in [0.25, 0.3) is 0 Å². The minimum atomic E-state index is -0.256. The Morgan fingerprint density at radius 2 is 1.62 bits per heavy atom. The number of benzene rings is 3. The number of pyridine rings is 1. The van der Waals surface area contributed by atoms with Crippen molar-refractivity contribution in [3.8, 4) is 28.7 Å². The molecule has 0 amide bonds. The summed E-state index contributed by atoms with van der Waals surface area (Å²) in [5.41, 5.74) is 11.4. The average Bonchev–Trinajstić information content (AvgIpc) is 3.85. The Morgan fingerprint density at radius 3 is 2.40 bits per heavy atom. The second kappa shape index (κ2) is 13.2. The Balaban J connectivity index is 1.08. The number of hydrogen-bond donors (Lipinski definition) is 2. The van der Waals surface area contributed by atoms with Gasteiger partial charge in [0, 0.05) is 50.2 Å². The monoisotopic (exact) mass is 664 g/mol. The van der Waals surface area contributed by atoms with Crippen LogP contribution in [-0.2, 0) is 13.1 Å². The quantitative estimate of drug-likeness (QED) is 0.173. The molecule has 2 aliphatic heterocycles. The summed E-state index contributed by atoms with van der Waals surface area (Å²) in [5, 5.41) is 23.4. The second-order valence-electron chi connectivity index (χ2n) is 13.9. The summed E-state index contributed by atoms with van der Waals surface area (Å²) in [7, 11) is 0. The van der Waals surface area contributed by atoms with Crippen molar-refractivity contribution in [1.82, 2.24) is 29.7 Å². The van der Waals surface area contributed by atoms with Crippen LogP contribution in [0.2, 0.25) is 0 Å². The third kappa shape index (κ3) is 6.20. The van der Waals surface area contributed by atoms with E-state index in [0.29, 0.717) is 46.4 Å². The molecule has 3 aromatic heterocycles. The van der Waals surface area contributed by atoms with Gasteiger partial charge in [-0.2, -0.15) is 5.26 Å². The van der Waals surface area contributed by atoms with Crippen LogP contribution in [-0.4, -0.2) is 67.1 Å².